The van der Waals surface area contributed by atoms with Gasteiger partial charge in [-0.05, 0) is 45.3 Å². The van der Waals surface area contributed by atoms with Crippen molar-refractivity contribution in [3.63, 3.8) is 0 Å². The molecule has 96 valence electrons. The van der Waals surface area contributed by atoms with Crippen LogP contribution in [-0.4, -0.2) is 41.0 Å². The lowest BCUT2D eigenvalue weighted by atomic mass is 10.1. The van der Waals surface area contributed by atoms with E-state index in [0.29, 0.717) is 6.10 Å². The molecule has 2 heterocycles. The van der Waals surface area contributed by atoms with Crippen LogP contribution in [0.1, 0.15) is 31.4 Å². The smallest absolute Gasteiger partial charge is 0.0576 e. The van der Waals surface area contributed by atoms with Crippen LogP contribution < -0.4 is 0 Å². The lowest BCUT2D eigenvalue weighted by Crippen LogP contribution is -2.21. The Morgan fingerprint density at radius 1 is 1.59 bits per heavy atom. The van der Waals surface area contributed by atoms with Gasteiger partial charge in [0.1, 0.15) is 0 Å². The number of hydrogen-bond acceptors (Lipinski definition) is 3. The molecule has 1 aromatic rings. The zero-order valence-corrected chi connectivity index (χ0v) is 10.9. The van der Waals surface area contributed by atoms with Crippen molar-refractivity contribution in [2.75, 3.05) is 20.2 Å². The van der Waals surface area contributed by atoms with E-state index >= 15 is 0 Å². The van der Waals surface area contributed by atoms with Crippen molar-refractivity contribution in [2.24, 2.45) is 7.05 Å². The molecule has 4 nitrogen and oxygen atoms in total. The summed E-state index contributed by atoms with van der Waals surface area (Å²) in [7, 11) is 4.16. The largest absolute Gasteiger partial charge is 0.378 e. The Morgan fingerprint density at radius 2 is 2.47 bits per heavy atom. The molecule has 1 fully saturated rings. The molecule has 1 unspecified atom stereocenters. The molecule has 4 heteroatoms. The summed E-state index contributed by atoms with van der Waals surface area (Å²) in [5.41, 5.74) is 1.27. The summed E-state index contributed by atoms with van der Waals surface area (Å²) in [6, 6.07) is 2.08. The molecule has 1 saturated heterocycles. The summed E-state index contributed by atoms with van der Waals surface area (Å²) in [4.78, 5) is 2.35. The van der Waals surface area contributed by atoms with E-state index in [1.54, 1.807) is 0 Å². The Hall–Kier alpha value is -0.870. The molecule has 0 aliphatic carbocycles. The van der Waals surface area contributed by atoms with Crippen LogP contribution in [0.2, 0.25) is 0 Å². The summed E-state index contributed by atoms with van der Waals surface area (Å²) >= 11 is 0. The van der Waals surface area contributed by atoms with Crippen LogP contribution in [-0.2, 0) is 18.3 Å². The fourth-order valence-corrected chi connectivity index (χ4v) is 2.37. The van der Waals surface area contributed by atoms with Crippen molar-refractivity contribution < 1.29 is 4.74 Å². The Balaban J connectivity index is 1.63. The van der Waals surface area contributed by atoms with Gasteiger partial charge in [-0.1, -0.05) is 0 Å². The van der Waals surface area contributed by atoms with Gasteiger partial charge in [0.05, 0.1) is 11.8 Å². The first kappa shape index (κ1) is 12.6. The van der Waals surface area contributed by atoms with Gasteiger partial charge in [-0.25, -0.2) is 0 Å². The number of hydrogen-bond donors (Lipinski definition) is 0. The minimum Gasteiger partial charge on any atom is -0.378 e. The highest BCUT2D eigenvalue weighted by Crippen LogP contribution is 2.17. The van der Waals surface area contributed by atoms with Crippen LogP contribution in [0.25, 0.3) is 0 Å². The average Bonchev–Trinajstić information content (AvgIpc) is 2.92. The molecule has 1 atom stereocenters. The number of aryl methyl sites for hydroxylation is 1. The predicted molar refractivity (Wildman–Crippen MR) is 67.8 cm³/mol. The molecule has 1 aliphatic heterocycles. The van der Waals surface area contributed by atoms with Gasteiger partial charge in [0.15, 0.2) is 0 Å². The molecule has 0 N–H and O–H groups in total. The quantitative estimate of drug-likeness (QED) is 0.756. The summed E-state index contributed by atoms with van der Waals surface area (Å²) in [6.07, 6.45) is 7.31. The molecule has 0 saturated carbocycles. The maximum absolute atomic E-state index is 5.63. The van der Waals surface area contributed by atoms with Gasteiger partial charge < -0.3 is 9.64 Å². The van der Waals surface area contributed by atoms with Gasteiger partial charge in [-0.15, -0.1) is 0 Å². The molecule has 1 aliphatic rings. The van der Waals surface area contributed by atoms with E-state index in [-0.39, 0.29) is 0 Å². The number of rotatable bonds is 6. The molecule has 2 rings (SSSR count). The van der Waals surface area contributed by atoms with Gasteiger partial charge in [0.2, 0.25) is 0 Å². The SMILES string of the molecule is CN(CCCC1CCCO1)Cc1ccnn1C. The fourth-order valence-electron chi connectivity index (χ4n) is 2.37. The first-order valence-corrected chi connectivity index (χ1v) is 6.53. The van der Waals surface area contributed by atoms with Crippen LogP contribution in [0.5, 0.6) is 0 Å². The minimum atomic E-state index is 0.528. The van der Waals surface area contributed by atoms with Crippen molar-refractivity contribution in [2.45, 2.75) is 38.3 Å². The molecule has 0 radical (unpaired) electrons. The second kappa shape index (κ2) is 6.17. The van der Waals surface area contributed by atoms with E-state index in [0.717, 1.165) is 19.7 Å². The fraction of sp³-hybridized carbons (Fsp3) is 0.769. The third-order valence-electron chi connectivity index (χ3n) is 3.44. The van der Waals surface area contributed by atoms with E-state index in [1.165, 1.54) is 31.4 Å². The lowest BCUT2D eigenvalue weighted by Gasteiger charge is -2.17. The zero-order chi connectivity index (χ0) is 12.1. The summed E-state index contributed by atoms with van der Waals surface area (Å²) in [5.74, 6) is 0. The number of aromatic nitrogens is 2. The average molecular weight is 237 g/mol. The molecule has 1 aromatic heterocycles. The lowest BCUT2D eigenvalue weighted by molar-refractivity contribution is 0.0994. The molecule has 17 heavy (non-hydrogen) atoms. The van der Waals surface area contributed by atoms with Crippen LogP contribution in [0, 0.1) is 0 Å². The molecular weight excluding hydrogens is 214 g/mol. The van der Waals surface area contributed by atoms with E-state index in [4.69, 9.17) is 4.74 Å². The van der Waals surface area contributed by atoms with E-state index in [9.17, 15) is 0 Å². The maximum Gasteiger partial charge on any atom is 0.0576 e. The Morgan fingerprint density at radius 3 is 3.12 bits per heavy atom. The van der Waals surface area contributed by atoms with E-state index in [1.807, 2.05) is 17.9 Å². The normalized spacial score (nSPS) is 20.3. The second-order valence-corrected chi connectivity index (χ2v) is 4.96. The van der Waals surface area contributed by atoms with Crippen LogP contribution in [0.15, 0.2) is 12.3 Å². The summed E-state index contributed by atoms with van der Waals surface area (Å²) < 4.78 is 7.57. The molecule has 0 spiro atoms. The molecule has 0 aromatic carbocycles. The van der Waals surface area contributed by atoms with Gasteiger partial charge in [0.25, 0.3) is 0 Å². The highest BCUT2D eigenvalue weighted by atomic mass is 16.5. The molecule has 0 bridgehead atoms. The Kier molecular flexibility index (Phi) is 4.57. The van der Waals surface area contributed by atoms with Gasteiger partial charge in [-0.2, -0.15) is 5.10 Å². The monoisotopic (exact) mass is 237 g/mol. The van der Waals surface area contributed by atoms with Crippen molar-refractivity contribution >= 4 is 0 Å². The van der Waals surface area contributed by atoms with Crippen molar-refractivity contribution in [1.82, 2.24) is 14.7 Å². The van der Waals surface area contributed by atoms with E-state index < -0.39 is 0 Å². The highest BCUT2D eigenvalue weighted by Gasteiger charge is 2.15. The summed E-state index contributed by atoms with van der Waals surface area (Å²) in [5, 5.41) is 4.18. The van der Waals surface area contributed by atoms with Crippen molar-refractivity contribution in [3.8, 4) is 0 Å². The van der Waals surface area contributed by atoms with Crippen LogP contribution >= 0.6 is 0 Å². The third-order valence-corrected chi connectivity index (χ3v) is 3.44. The summed E-state index contributed by atoms with van der Waals surface area (Å²) in [6.45, 7) is 3.07. The Bertz CT molecular complexity index is 331. The van der Waals surface area contributed by atoms with Gasteiger partial charge in [-0.3, -0.25) is 4.68 Å². The first-order valence-electron chi connectivity index (χ1n) is 6.53. The van der Waals surface area contributed by atoms with E-state index in [2.05, 4.69) is 23.1 Å². The molecular formula is C13H23N3O. The van der Waals surface area contributed by atoms with Crippen LogP contribution in [0.3, 0.4) is 0 Å². The number of ether oxygens (including phenoxy) is 1. The third kappa shape index (κ3) is 3.82. The molecule has 0 amide bonds. The van der Waals surface area contributed by atoms with Crippen molar-refractivity contribution in [1.29, 1.82) is 0 Å². The van der Waals surface area contributed by atoms with Gasteiger partial charge >= 0.3 is 0 Å². The van der Waals surface area contributed by atoms with Crippen LogP contribution in [0.4, 0.5) is 0 Å². The standard InChI is InChI=1S/C13H23N3O/c1-15(11-12-7-8-14-16(12)2)9-3-5-13-6-4-10-17-13/h7-8,13H,3-6,9-11H2,1-2H3. The van der Waals surface area contributed by atoms with Gasteiger partial charge in [0, 0.05) is 26.4 Å². The Labute approximate surface area is 104 Å². The second-order valence-electron chi connectivity index (χ2n) is 4.96. The first-order chi connectivity index (χ1) is 8.25. The zero-order valence-electron chi connectivity index (χ0n) is 10.9. The number of nitrogens with zero attached hydrogens (tertiary/aromatic N) is 3. The topological polar surface area (TPSA) is 30.3 Å². The highest BCUT2D eigenvalue weighted by molar-refractivity contribution is 4.99. The minimum absolute atomic E-state index is 0.528. The maximum atomic E-state index is 5.63. The predicted octanol–water partition coefficient (Wildman–Crippen LogP) is 1.81. The van der Waals surface area contributed by atoms with Crippen molar-refractivity contribution in [3.05, 3.63) is 18.0 Å².